The highest BCUT2D eigenvalue weighted by molar-refractivity contribution is 7.80. The topological polar surface area (TPSA) is 53.6 Å². The van der Waals surface area contributed by atoms with Gasteiger partial charge in [-0.05, 0) is 56.6 Å². The third-order valence-corrected chi connectivity index (χ3v) is 4.26. The number of likely N-dealkylation sites (tertiary alicyclic amines) is 1. The summed E-state index contributed by atoms with van der Waals surface area (Å²) < 4.78 is 5.01. The summed E-state index contributed by atoms with van der Waals surface area (Å²) in [5.41, 5.74) is 1.89. The summed E-state index contributed by atoms with van der Waals surface area (Å²) in [6.45, 7) is 5.55. The fraction of sp³-hybridized carbons (Fsp3) is 0.500. The van der Waals surface area contributed by atoms with Crippen molar-refractivity contribution in [2.24, 2.45) is 0 Å². The lowest BCUT2D eigenvalue weighted by Gasteiger charge is -2.32. The van der Waals surface area contributed by atoms with Gasteiger partial charge in [0.25, 0.3) is 0 Å². The minimum absolute atomic E-state index is 0.238. The van der Waals surface area contributed by atoms with E-state index in [-0.39, 0.29) is 12.1 Å². The fourth-order valence-electron chi connectivity index (χ4n) is 2.49. The van der Waals surface area contributed by atoms with Gasteiger partial charge >= 0.3 is 6.09 Å². The normalized spacial score (nSPS) is 15.2. The van der Waals surface area contributed by atoms with Crippen molar-refractivity contribution in [1.82, 2.24) is 10.2 Å². The third-order valence-electron chi connectivity index (χ3n) is 3.73. The molecule has 0 saturated carbocycles. The van der Waals surface area contributed by atoms with Crippen LogP contribution < -0.4 is 10.6 Å². The summed E-state index contributed by atoms with van der Waals surface area (Å²) in [5, 5.41) is 7.60. The Morgan fingerprint density at radius 1 is 1.43 bits per heavy atom. The highest BCUT2D eigenvalue weighted by atomic mass is 35.5. The largest absolute Gasteiger partial charge is 0.450 e. The Bertz CT molecular complexity index is 574. The van der Waals surface area contributed by atoms with E-state index in [0.29, 0.717) is 29.8 Å². The number of carbonyl (C=O) groups is 1. The average molecular weight is 356 g/mol. The van der Waals surface area contributed by atoms with Crippen LogP contribution in [0, 0.1) is 6.92 Å². The molecule has 2 N–H and O–H groups in total. The molecule has 1 aliphatic heterocycles. The first-order valence-corrected chi connectivity index (χ1v) is 8.53. The highest BCUT2D eigenvalue weighted by Gasteiger charge is 2.23. The van der Waals surface area contributed by atoms with E-state index in [4.69, 9.17) is 28.6 Å². The number of piperidine rings is 1. The maximum atomic E-state index is 11.7. The second-order valence-electron chi connectivity index (χ2n) is 5.54. The van der Waals surface area contributed by atoms with Crippen LogP contribution in [0.1, 0.15) is 25.3 Å². The Hall–Kier alpha value is -1.53. The smallest absolute Gasteiger partial charge is 0.409 e. The first-order valence-electron chi connectivity index (χ1n) is 7.75. The standard InChI is InChI=1S/C16H22ClN3O2S/c1-3-22-16(21)20-8-6-12(7-9-20)18-15(23)19-14-5-4-11(2)10-13(14)17/h4-5,10,12H,3,6-9H2,1-2H3,(H2,18,19,23). The van der Waals surface area contributed by atoms with Crippen LogP contribution >= 0.6 is 23.8 Å². The lowest BCUT2D eigenvalue weighted by atomic mass is 10.1. The number of hydrogen-bond donors (Lipinski definition) is 2. The number of benzene rings is 1. The van der Waals surface area contributed by atoms with Crippen LogP contribution in [-0.4, -0.2) is 41.8 Å². The number of nitrogens with zero attached hydrogens (tertiary/aromatic N) is 1. The average Bonchev–Trinajstić information content (AvgIpc) is 2.51. The van der Waals surface area contributed by atoms with Crippen LogP contribution in [-0.2, 0) is 4.74 Å². The van der Waals surface area contributed by atoms with Crippen LogP contribution in [0.3, 0.4) is 0 Å². The molecule has 1 aromatic carbocycles. The van der Waals surface area contributed by atoms with Gasteiger partial charge in [0.1, 0.15) is 0 Å². The number of hydrogen-bond acceptors (Lipinski definition) is 3. The zero-order valence-electron chi connectivity index (χ0n) is 13.4. The van der Waals surface area contributed by atoms with Crippen LogP contribution in [0.5, 0.6) is 0 Å². The van der Waals surface area contributed by atoms with E-state index in [0.717, 1.165) is 24.1 Å². The van der Waals surface area contributed by atoms with E-state index in [9.17, 15) is 4.79 Å². The number of anilines is 1. The predicted octanol–water partition coefficient (Wildman–Crippen LogP) is 3.56. The summed E-state index contributed by atoms with van der Waals surface area (Å²) in [4.78, 5) is 13.4. The minimum atomic E-state index is -0.238. The lowest BCUT2D eigenvalue weighted by Crippen LogP contribution is -2.47. The molecule has 0 bridgehead atoms. The maximum Gasteiger partial charge on any atom is 0.409 e. The Balaban J connectivity index is 1.79. The first-order chi connectivity index (χ1) is 11.0. The molecule has 1 heterocycles. The van der Waals surface area contributed by atoms with Crippen LogP contribution in [0.25, 0.3) is 0 Å². The van der Waals surface area contributed by atoms with E-state index in [1.165, 1.54) is 0 Å². The molecular weight excluding hydrogens is 334 g/mol. The van der Waals surface area contributed by atoms with Crippen molar-refractivity contribution in [2.45, 2.75) is 32.7 Å². The molecule has 1 saturated heterocycles. The second-order valence-corrected chi connectivity index (χ2v) is 6.36. The van der Waals surface area contributed by atoms with E-state index in [1.807, 2.05) is 32.0 Å². The van der Waals surface area contributed by atoms with E-state index in [1.54, 1.807) is 4.90 Å². The third kappa shape index (κ3) is 5.25. The number of amides is 1. The Labute approximate surface area is 147 Å². The molecule has 0 atom stereocenters. The Morgan fingerprint density at radius 3 is 2.74 bits per heavy atom. The van der Waals surface area contributed by atoms with Gasteiger partial charge in [-0.2, -0.15) is 0 Å². The SMILES string of the molecule is CCOC(=O)N1CCC(NC(=S)Nc2ccc(C)cc2Cl)CC1. The van der Waals surface area contributed by atoms with Crippen molar-refractivity contribution in [3.63, 3.8) is 0 Å². The number of rotatable bonds is 3. The summed E-state index contributed by atoms with van der Waals surface area (Å²) in [5.74, 6) is 0. The molecular formula is C16H22ClN3O2S. The molecule has 1 fully saturated rings. The van der Waals surface area contributed by atoms with Crippen LogP contribution in [0.15, 0.2) is 18.2 Å². The summed E-state index contributed by atoms with van der Waals surface area (Å²) in [6.07, 6.45) is 1.43. The Kier molecular flexibility index (Phi) is 6.47. The number of aryl methyl sites for hydroxylation is 1. The molecule has 1 aliphatic rings. The molecule has 7 heteroatoms. The Morgan fingerprint density at radius 2 is 2.13 bits per heavy atom. The summed E-state index contributed by atoms with van der Waals surface area (Å²) >= 11 is 11.5. The number of thiocarbonyl (C=S) groups is 1. The summed E-state index contributed by atoms with van der Waals surface area (Å²) in [7, 11) is 0. The molecule has 126 valence electrons. The van der Waals surface area contributed by atoms with Gasteiger partial charge in [0.05, 0.1) is 17.3 Å². The molecule has 23 heavy (non-hydrogen) atoms. The van der Waals surface area contributed by atoms with E-state index < -0.39 is 0 Å². The van der Waals surface area contributed by atoms with Gasteiger partial charge in [0.15, 0.2) is 5.11 Å². The van der Waals surface area contributed by atoms with Gasteiger partial charge in [0.2, 0.25) is 0 Å². The quantitative estimate of drug-likeness (QED) is 0.812. The van der Waals surface area contributed by atoms with Crippen molar-refractivity contribution < 1.29 is 9.53 Å². The van der Waals surface area contributed by atoms with Gasteiger partial charge in [-0.15, -0.1) is 0 Å². The number of carbonyl (C=O) groups excluding carboxylic acids is 1. The van der Waals surface area contributed by atoms with Crippen molar-refractivity contribution in [3.8, 4) is 0 Å². The van der Waals surface area contributed by atoms with Crippen LogP contribution in [0.4, 0.5) is 10.5 Å². The zero-order valence-corrected chi connectivity index (χ0v) is 15.0. The van der Waals surface area contributed by atoms with Gasteiger partial charge in [0, 0.05) is 19.1 Å². The molecule has 1 amide bonds. The van der Waals surface area contributed by atoms with Crippen molar-refractivity contribution in [2.75, 3.05) is 25.0 Å². The molecule has 0 spiro atoms. The predicted molar refractivity (Wildman–Crippen MR) is 97.2 cm³/mol. The maximum absolute atomic E-state index is 11.7. The molecule has 1 aromatic rings. The van der Waals surface area contributed by atoms with E-state index >= 15 is 0 Å². The van der Waals surface area contributed by atoms with Gasteiger partial charge in [-0.1, -0.05) is 17.7 Å². The first kappa shape index (κ1) is 17.8. The zero-order chi connectivity index (χ0) is 16.8. The van der Waals surface area contributed by atoms with Gasteiger partial charge in [-0.25, -0.2) is 4.79 Å². The molecule has 0 unspecified atom stereocenters. The van der Waals surface area contributed by atoms with Crippen molar-refractivity contribution in [1.29, 1.82) is 0 Å². The van der Waals surface area contributed by atoms with Crippen LogP contribution in [0.2, 0.25) is 5.02 Å². The van der Waals surface area contributed by atoms with Crippen molar-refractivity contribution >= 4 is 40.7 Å². The monoisotopic (exact) mass is 355 g/mol. The minimum Gasteiger partial charge on any atom is -0.450 e. The molecule has 5 nitrogen and oxygen atoms in total. The van der Waals surface area contributed by atoms with Gasteiger partial charge in [-0.3, -0.25) is 0 Å². The lowest BCUT2D eigenvalue weighted by molar-refractivity contribution is 0.0964. The van der Waals surface area contributed by atoms with E-state index in [2.05, 4.69) is 10.6 Å². The fourth-order valence-corrected chi connectivity index (χ4v) is 3.05. The number of nitrogens with one attached hydrogen (secondary N) is 2. The van der Waals surface area contributed by atoms with Crippen molar-refractivity contribution in [3.05, 3.63) is 28.8 Å². The highest BCUT2D eigenvalue weighted by Crippen LogP contribution is 2.22. The number of ether oxygens (including phenoxy) is 1. The van der Waals surface area contributed by atoms with Gasteiger partial charge < -0.3 is 20.3 Å². The number of halogens is 1. The molecule has 0 aromatic heterocycles. The molecule has 2 rings (SSSR count). The summed E-state index contributed by atoms with van der Waals surface area (Å²) in [6, 6.07) is 6.03. The molecule has 0 aliphatic carbocycles. The molecule has 0 radical (unpaired) electrons. The second kappa shape index (κ2) is 8.36.